The van der Waals surface area contributed by atoms with Gasteiger partial charge in [0.2, 0.25) is 17.7 Å². The molecule has 0 bridgehead atoms. The van der Waals surface area contributed by atoms with Crippen molar-refractivity contribution in [3.8, 4) is 5.69 Å². The van der Waals surface area contributed by atoms with Gasteiger partial charge in [-0.3, -0.25) is 19.3 Å². The molecular formula is C17H18N4O3. The summed E-state index contributed by atoms with van der Waals surface area (Å²) in [5.41, 5.74) is 2.48. The molecule has 1 aliphatic heterocycles. The lowest BCUT2D eigenvalue weighted by molar-refractivity contribution is -0.138. The molecule has 1 aromatic carbocycles. The number of nitrogens with zero attached hydrogens (tertiary/aromatic N) is 3. The van der Waals surface area contributed by atoms with E-state index in [1.54, 1.807) is 16.9 Å². The number of hydrogen-bond donors (Lipinski definition) is 1. The van der Waals surface area contributed by atoms with Crippen LogP contribution in [0.25, 0.3) is 5.69 Å². The summed E-state index contributed by atoms with van der Waals surface area (Å²) in [6.07, 6.45) is 2.28. The fraction of sp³-hybridized carbons (Fsp3) is 0.294. The van der Waals surface area contributed by atoms with Gasteiger partial charge in [0, 0.05) is 43.4 Å². The number of amides is 3. The molecule has 7 heteroatoms. The van der Waals surface area contributed by atoms with E-state index in [-0.39, 0.29) is 43.5 Å². The molecule has 3 rings (SSSR count). The van der Waals surface area contributed by atoms with Gasteiger partial charge in [-0.15, -0.1) is 0 Å². The largest absolute Gasteiger partial charge is 0.326 e. The minimum absolute atomic E-state index is 0.0858. The normalized spacial score (nSPS) is 14.3. The van der Waals surface area contributed by atoms with Crippen molar-refractivity contribution < 1.29 is 14.4 Å². The first-order valence-electron chi connectivity index (χ1n) is 7.79. The van der Waals surface area contributed by atoms with Crippen molar-refractivity contribution in [1.29, 1.82) is 0 Å². The minimum Gasteiger partial charge on any atom is -0.326 e. The molecule has 1 fully saturated rings. The van der Waals surface area contributed by atoms with Crippen LogP contribution in [0.1, 0.15) is 25.0 Å². The van der Waals surface area contributed by atoms with Crippen LogP contribution in [0.15, 0.2) is 36.5 Å². The first-order valence-corrected chi connectivity index (χ1v) is 7.79. The molecule has 0 aliphatic carbocycles. The van der Waals surface area contributed by atoms with Crippen molar-refractivity contribution in [3.63, 3.8) is 0 Å². The molecule has 0 saturated carbocycles. The van der Waals surface area contributed by atoms with Crippen LogP contribution in [0.5, 0.6) is 0 Å². The van der Waals surface area contributed by atoms with Crippen molar-refractivity contribution in [1.82, 2.24) is 14.7 Å². The van der Waals surface area contributed by atoms with Gasteiger partial charge < -0.3 is 5.32 Å². The van der Waals surface area contributed by atoms with E-state index in [9.17, 15) is 14.4 Å². The summed E-state index contributed by atoms with van der Waals surface area (Å²) in [6.45, 7) is 2.07. The summed E-state index contributed by atoms with van der Waals surface area (Å²) in [6, 6.07) is 9.24. The maximum atomic E-state index is 12.1. The fourth-order valence-corrected chi connectivity index (χ4v) is 2.66. The molecule has 2 aromatic rings. The third-order valence-electron chi connectivity index (χ3n) is 3.92. The average Bonchev–Trinajstić information content (AvgIpc) is 3.12. The van der Waals surface area contributed by atoms with Crippen molar-refractivity contribution in [2.45, 2.75) is 26.2 Å². The van der Waals surface area contributed by atoms with Gasteiger partial charge in [-0.05, 0) is 31.2 Å². The zero-order chi connectivity index (χ0) is 17.1. The number of carbonyl (C=O) groups excluding carboxylic acids is 3. The first-order chi connectivity index (χ1) is 11.5. The number of benzene rings is 1. The zero-order valence-electron chi connectivity index (χ0n) is 13.4. The number of rotatable bonds is 5. The predicted octanol–water partition coefficient (Wildman–Crippen LogP) is 1.66. The van der Waals surface area contributed by atoms with E-state index in [1.807, 2.05) is 31.2 Å². The molecule has 0 unspecified atom stereocenters. The average molecular weight is 326 g/mol. The number of aromatic nitrogens is 2. The molecule has 3 amide bonds. The highest BCUT2D eigenvalue weighted by atomic mass is 16.2. The molecule has 1 N–H and O–H groups in total. The summed E-state index contributed by atoms with van der Waals surface area (Å²) in [4.78, 5) is 36.3. The fourth-order valence-electron chi connectivity index (χ4n) is 2.66. The quantitative estimate of drug-likeness (QED) is 0.847. The lowest BCUT2D eigenvalue weighted by atomic mass is 10.2. The van der Waals surface area contributed by atoms with Gasteiger partial charge in [-0.2, -0.15) is 5.10 Å². The smallest absolute Gasteiger partial charge is 0.229 e. The predicted molar refractivity (Wildman–Crippen MR) is 87.5 cm³/mol. The lowest BCUT2D eigenvalue weighted by Crippen LogP contribution is -2.32. The number of anilines is 1. The van der Waals surface area contributed by atoms with Crippen molar-refractivity contribution in [2.75, 3.05) is 11.9 Å². The van der Waals surface area contributed by atoms with E-state index >= 15 is 0 Å². The molecule has 7 nitrogen and oxygen atoms in total. The Labute approximate surface area is 139 Å². The van der Waals surface area contributed by atoms with Crippen LogP contribution in [0.4, 0.5) is 5.69 Å². The highest BCUT2D eigenvalue weighted by molar-refractivity contribution is 6.02. The third kappa shape index (κ3) is 3.34. The molecule has 0 radical (unpaired) electrons. The van der Waals surface area contributed by atoms with E-state index in [1.165, 1.54) is 0 Å². The van der Waals surface area contributed by atoms with Gasteiger partial charge in [0.25, 0.3) is 0 Å². The Balaban J connectivity index is 1.62. The standard InChI is InChI=1S/C17H18N4O3/c1-12-7-9-18-21(12)14-4-2-3-13(11-14)19-15(22)8-10-20-16(23)5-6-17(20)24/h2-4,7,9,11H,5-6,8,10H2,1H3,(H,19,22). The van der Waals surface area contributed by atoms with E-state index in [2.05, 4.69) is 10.4 Å². The van der Waals surface area contributed by atoms with Crippen LogP contribution in [-0.2, 0) is 14.4 Å². The third-order valence-corrected chi connectivity index (χ3v) is 3.92. The summed E-state index contributed by atoms with van der Waals surface area (Å²) >= 11 is 0. The highest BCUT2D eigenvalue weighted by Crippen LogP contribution is 2.16. The van der Waals surface area contributed by atoms with Crippen molar-refractivity contribution >= 4 is 23.4 Å². The van der Waals surface area contributed by atoms with Gasteiger partial charge in [0.15, 0.2) is 0 Å². The number of carbonyl (C=O) groups is 3. The van der Waals surface area contributed by atoms with E-state index < -0.39 is 0 Å². The van der Waals surface area contributed by atoms with E-state index in [0.717, 1.165) is 16.3 Å². The highest BCUT2D eigenvalue weighted by Gasteiger charge is 2.28. The second kappa shape index (κ2) is 6.66. The Morgan fingerprint density at radius 2 is 1.96 bits per heavy atom. The summed E-state index contributed by atoms with van der Waals surface area (Å²) in [5.74, 6) is -0.648. The molecule has 24 heavy (non-hydrogen) atoms. The molecule has 1 aromatic heterocycles. The Morgan fingerprint density at radius 3 is 2.62 bits per heavy atom. The maximum Gasteiger partial charge on any atom is 0.229 e. The van der Waals surface area contributed by atoms with Gasteiger partial charge in [0.1, 0.15) is 0 Å². The molecule has 2 heterocycles. The van der Waals surface area contributed by atoms with Crippen LogP contribution in [0, 0.1) is 6.92 Å². The molecule has 1 aliphatic rings. The number of aryl methyl sites for hydroxylation is 1. The van der Waals surface area contributed by atoms with Crippen LogP contribution >= 0.6 is 0 Å². The van der Waals surface area contributed by atoms with Gasteiger partial charge in [-0.1, -0.05) is 6.07 Å². The van der Waals surface area contributed by atoms with Crippen LogP contribution in [0.3, 0.4) is 0 Å². The monoisotopic (exact) mass is 326 g/mol. The lowest BCUT2D eigenvalue weighted by Gasteiger charge is -2.13. The SMILES string of the molecule is Cc1ccnn1-c1cccc(NC(=O)CCN2C(=O)CCC2=O)c1. The number of likely N-dealkylation sites (tertiary alicyclic amines) is 1. The van der Waals surface area contributed by atoms with Crippen LogP contribution < -0.4 is 5.32 Å². The summed E-state index contributed by atoms with van der Waals surface area (Å²) in [5, 5.41) is 7.02. The van der Waals surface area contributed by atoms with E-state index in [0.29, 0.717) is 5.69 Å². The number of nitrogens with one attached hydrogen (secondary N) is 1. The second-order valence-corrected chi connectivity index (χ2v) is 5.67. The Bertz CT molecular complexity index is 781. The molecule has 0 spiro atoms. The summed E-state index contributed by atoms with van der Waals surface area (Å²) < 4.78 is 1.78. The van der Waals surface area contributed by atoms with Crippen LogP contribution in [0.2, 0.25) is 0 Å². The van der Waals surface area contributed by atoms with Gasteiger partial charge in [0.05, 0.1) is 5.69 Å². The molecule has 124 valence electrons. The minimum atomic E-state index is -0.239. The second-order valence-electron chi connectivity index (χ2n) is 5.67. The molecular weight excluding hydrogens is 308 g/mol. The molecule has 0 atom stereocenters. The number of imide groups is 1. The molecule has 1 saturated heterocycles. The first kappa shape index (κ1) is 15.9. The number of hydrogen-bond acceptors (Lipinski definition) is 4. The van der Waals surface area contributed by atoms with Gasteiger partial charge >= 0.3 is 0 Å². The Kier molecular flexibility index (Phi) is 4.41. The van der Waals surface area contributed by atoms with Crippen LogP contribution in [-0.4, -0.2) is 38.9 Å². The maximum absolute atomic E-state index is 12.1. The van der Waals surface area contributed by atoms with Crippen molar-refractivity contribution in [2.24, 2.45) is 0 Å². The Hall–Kier alpha value is -2.96. The van der Waals surface area contributed by atoms with Gasteiger partial charge in [-0.25, -0.2) is 4.68 Å². The summed E-state index contributed by atoms with van der Waals surface area (Å²) in [7, 11) is 0. The Morgan fingerprint density at radius 1 is 1.21 bits per heavy atom. The van der Waals surface area contributed by atoms with E-state index in [4.69, 9.17) is 0 Å². The topological polar surface area (TPSA) is 84.3 Å². The van der Waals surface area contributed by atoms with Crippen molar-refractivity contribution in [3.05, 3.63) is 42.2 Å². The zero-order valence-corrected chi connectivity index (χ0v) is 13.4.